The van der Waals surface area contributed by atoms with Crippen LogP contribution in [-0.4, -0.2) is 42.9 Å². The molecule has 1 unspecified atom stereocenters. The first-order valence-electron chi connectivity index (χ1n) is 7.21. The van der Waals surface area contributed by atoms with E-state index < -0.39 is 12.1 Å². The fraction of sp³-hybridized carbons (Fsp3) is 0.500. The van der Waals surface area contributed by atoms with Crippen molar-refractivity contribution in [2.24, 2.45) is 0 Å². The van der Waals surface area contributed by atoms with Crippen molar-refractivity contribution >= 4 is 17.6 Å². The number of carbonyl (C=O) groups excluding carboxylic acids is 1. The zero-order chi connectivity index (χ0) is 16.7. The van der Waals surface area contributed by atoms with Crippen LogP contribution in [0.2, 0.25) is 0 Å². The van der Waals surface area contributed by atoms with Gasteiger partial charge in [-0.05, 0) is 44.9 Å². The Bertz CT molecular complexity index is 542. The molecule has 1 atom stereocenters. The average molecular weight is 309 g/mol. The molecule has 6 nitrogen and oxygen atoms in total. The molecule has 22 heavy (non-hydrogen) atoms. The molecular formula is C16H23NO5. The van der Waals surface area contributed by atoms with Crippen molar-refractivity contribution in [1.29, 1.82) is 0 Å². The van der Waals surface area contributed by atoms with Gasteiger partial charge in [-0.15, -0.1) is 0 Å². The molecule has 1 aromatic carbocycles. The summed E-state index contributed by atoms with van der Waals surface area (Å²) < 4.78 is 10.5. The van der Waals surface area contributed by atoms with E-state index in [4.69, 9.17) is 14.6 Å². The maximum Gasteiger partial charge on any atom is 0.336 e. The summed E-state index contributed by atoms with van der Waals surface area (Å²) in [6, 6.07) is 3.21. The van der Waals surface area contributed by atoms with Crippen LogP contribution < -0.4 is 5.32 Å². The van der Waals surface area contributed by atoms with Crippen LogP contribution in [0, 0.1) is 13.8 Å². The lowest BCUT2D eigenvalue weighted by atomic mass is 10.0. The Morgan fingerprint density at radius 2 is 1.91 bits per heavy atom. The fourth-order valence-electron chi connectivity index (χ4n) is 1.96. The summed E-state index contributed by atoms with van der Waals surface area (Å²) >= 11 is 0. The van der Waals surface area contributed by atoms with Gasteiger partial charge in [0, 0.05) is 12.3 Å². The third kappa shape index (κ3) is 5.13. The average Bonchev–Trinajstić information content (AvgIpc) is 2.45. The van der Waals surface area contributed by atoms with E-state index in [0.717, 1.165) is 5.56 Å². The molecule has 122 valence electrons. The van der Waals surface area contributed by atoms with Crippen LogP contribution in [0.1, 0.15) is 35.3 Å². The smallest absolute Gasteiger partial charge is 0.336 e. The van der Waals surface area contributed by atoms with Gasteiger partial charge in [0.05, 0.1) is 18.8 Å². The first-order chi connectivity index (χ1) is 10.4. The van der Waals surface area contributed by atoms with E-state index in [9.17, 15) is 9.59 Å². The van der Waals surface area contributed by atoms with Gasteiger partial charge in [-0.3, -0.25) is 4.79 Å². The van der Waals surface area contributed by atoms with E-state index in [-0.39, 0.29) is 11.5 Å². The molecule has 0 aliphatic rings. The van der Waals surface area contributed by atoms with Gasteiger partial charge in [0.25, 0.3) is 5.91 Å². The van der Waals surface area contributed by atoms with Crippen molar-refractivity contribution in [1.82, 2.24) is 0 Å². The maximum absolute atomic E-state index is 12.1. The van der Waals surface area contributed by atoms with Gasteiger partial charge in [0.2, 0.25) is 0 Å². The van der Waals surface area contributed by atoms with Gasteiger partial charge in [-0.1, -0.05) is 6.07 Å². The van der Waals surface area contributed by atoms with Gasteiger partial charge in [-0.2, -0.15) is 0 Å². The van der Waals surface area contributed by atoms with Gasteiger partial charge in [-0.25, -0.2) is 4.79 Å². The molecule has 1 amide bonds. The minimum absolute atomic E-state index is 0.172. The molecule has 1 rings (SSSR count). The van der Waals surface area contributed by atoms with Gasteiger partial charge >= 0.3 is 5.97 Å². The molecule has 0 bridgehead atoms. The molecule has 0 radical (unpaired) electrons. The Kier molecular flexibility index (Phi) is 7.01. The van der Waals surface area contributed by atoms with Crippen LogP contribution in [0.15, 0.2) is 12.1 Å². The number of aryl methyl sites for hydroxylation is 2. The van der Waals surface area contributed by atoms with Crippen LogP contribution in [0.25, 0.3) is 0 Å². The maximum atomic E-state index is 12.1. The molecule has 0 aromatic heterocycles. The Labute approximate surface area is 130 Å². The topological polar surface area (TPSA) is 84.9 Å². The fourth-order valence-corrected chi connectivity index (χ4v) is 1.96. The number of anilines is 1. The Morgan fingerprint density at radius 3 is 2.50 bits per heavy atom. The van der Waals surface area contributed by atoms with Crippen LogP contribution >= 0.6 is 0 Å². The molecule has 6 heteroatoms. The molecule has 1 aromatic rings. The predicted octanol–water partition coefficient (Wildman–Crippen LogP) is 2.38. The second-order valence-corrected chi connectivity index (χ2v) is 4.99. The summed E-state index contributed by atoms with van der Waals surface area (Å²) in [5.41, 5.74) is 2.11. The monoisotopic (exact) mass is 309 g/mol. The molecular weight excluding hydrogens is 286 g/mol. The first kappa shape index (κ1) is 18.1. The van der Waals surface area contributed by atoms with Crippen molar-refractivity contribution in [3.63, 3.8) is 0 Å². The zero-order valence-electron chi connectivity index (χ0n) is 13.4. The lowest BCUT2D eigenvalue weighted by molar-refractivity contribution is -0.127. The lowest BCUT2D eigenvalue weighted by Crippen LogP contribution is -2.29. The number of aromatic carboxylic acids is 1. The lowest BCUT2D eigenvalue weighted by Gasteiger charge is -2.16. The second kappa shape index (κ2) is 8.51. The van der Waals surface area contributed by atoms with Crippen molar-refractivity contribution < 1.29 is 24.2 Å². The molecule has 0 fully saturated rings. The van der Waals surface area contributed by atoms with Crippen molar-refractivity contribution in [2.75, 3.05) is 25.1 Å². The highest BCUT2D eigenvalue weighted by Gasteiger charge is 2.16. The van der Waals surface area contributed by atoms with E-state index >= 15 is 0 Å². The van der Waals surface area contributed by atoms with E-state index in [1.165, 1.54) is 6.07 Å². The van der Waals surface area contributed by atoms with Crippen LogP contribution in [0.3, 0.4) is 0 Å². The highest BCUT2D eigenvalue weighted by atomic mass is 16.5. The molecule has 0 aliphatic heterocycles. The van der Waals surface area contributed by atoms with Crippen molar-refractivity contribution in [2.45, 2.75) is 33.8 Å². The number of hydrogen-bond acceptors (Lipinski definition) is 4. The normalized spacial score (nSPS) is 12.0. The minimum atomic E-state index is -1.02. The SMILES string of the molecule is CCOCCOC(C)C(=O)Nc1cc(C(=O)O)c(C)cc1C. The molecule has 0 saturated carbocycles. The van der Waals surface area contributed by atoms with Gasteiger partial charge < -0.3 is 19.9 Å². The van der Waals surface area contributed by atoms with E-state index in [2.05, 4.69) is 5.32 Å². The molecule has 0 spiro atoms. The number of carbonyl (C=O) groups is 2. The zero-order valence-corrected chi connectivity index (χ0v) is 13.4. The van der Waals surface area contributed by atoms with E-state index in [0.29, 0.717) is 31.1 Å². The Balaban J connectivity index is 2.71. The third-order valence-electron chi connectivity index (χ3n) is 3.23. The number of nitrogens with one attached hydrogen (secondary N) is 1. The van der Waals surface area contributed by atoms with Crippen LogP contribution in [0.5, 0.6) is 0 Å². The molecule has 0 saturated heterocycles. The summed E-state index contributed by atoms with van der Waals surface area (Å²) in [5, 5.41) is 11.8. The van der Waals surface area contributed by atoms with Gasteiger partial charge in [0.15, 0.2) is 0 Å². The number of amides is 1. The molecule has 0 heterocycles. The predicted molar refractivity (Wildman–Crippen MR) is 83.4 cm³/mol. The first-order valence-corrected chi connectivity index (χ1v) is 7.21. The largest absolute Gasteiger partial charge is 0.478 e. The van der Waals surface area contributed by atoms with Gasteiger partial charge in [0.1, 0.15) is 6.10 Å². The van der Waals surface area contributed by atoms with Crippen molar-refractivity contribution in [3.05, 3.63) is 28.8 Å². The van der Waals surface area contributed by atoms with Crippen molar-refractivity contribution in [3.8, 4) is 0 Å². The number of hydrogen-bond donors (Lipinski definition) is 2. The van der Waals surface area contributed by atoms with Crippen LogP contribution in [0.4, 0.5) is 5.69 Å². The highest BCUT2D eigenvalue weighted by molar-refractivity contribution is 5.97. The molecule has 2 N–H and O–H groups in total. The third-order valence-corrected chi connectivity index (χ3v) is 3.23. The Hall–Kier alpha value is -1.92. The standard InChI is InChI=1S/C16H23NO5/c1-5-21-6-7-22-12(4)15(18)17-14-9-13(16(19)20)10(2)8-11(14)3/h8-9,12H,5-7H2,1-4H3,(H,17,18)(H,19,20). The summed E-state index contributed by atoms with van der Waals surface area (Å²) in [6.45, 7) is 8.43. The molecule has 0 aliphatic carbocycles. The van der Waals surface area contributed by atoms with Crippen LogP contribution in [-0.2, 0) is 14.3 Å². The number of benzene rings is 1. The van der Waals surface area contributed by atoms with E-state index in [1.807, 2.05) is 13.8 Å². The number of carboxylic acid groups (broad SMARTS) is 1. The highest BCUT2D eigenvalue weighted by Crippen LogP contribution is 2.21. The van der Waals surface area contributed by atoms with E-state index in [1.54, 1.807) is 19.9 Å². The summed E-state index contributed by atoms with van der Waals surface area (Å²) in [6.07, 6.45) is -0.644. The quantitative estimate of drug-likeness (QED) is 0.720. The summed E-state index contributed by atoms with van der Waals surface area (Å²) in [4.78, 5) is 23.2. The number of ether oxygens (including phenoxy) is 2. The Morgan fingerprint density at radius 1 is 1.23 bits per heavy atom. The second-order valence-electron chi connectivity index (χ2n) is 4.99. The summed E-state index contributed by atoms with van der Waals surface area (Å²) in [7, 11) is 0. The summed E-state index contributed by atoms with van der Waals surface area (Å²) in [5.74, 6) is -1.34. The number of carboxylic acids is 1. The minimum Gasteiger partial charge on any atom is -0.478 e. The number of rotatable bonds is 8.